The Labute approximate surface area is 68.1 Å². The molecule has 1 aromatic heterocycles. The Bertz CT molecular complexity index is 367. The van der Waals surface area contributed by atoms with Crippen LogP contribution in [0.4, 0.5) is 5.69 Å². The maximum absolute atomic E-state index is 10.4. The first-order chi connectivity index (χ1) is 5.65. The number of nitrogen functional groups attached to an aromatic ring is 1. The van der Waals surface area contributed by atoms with E-state index >= 15 is 0 Å². The fourth-order valence-electron chi connectivity index (χ4n) is 0.679. The predicted molar refractivity (Wildman–Crippen MR) is 40.3 cm³/mol. The van der Waals surface area contributed by atoms with E-state index in [1.807, 2.05) is 0 Å². The first-order valence-corrected chi connectivity index (χ1v) is 3.05. The van der Waals surface area contributed by atoms with Gasteiger partial charge in [-0.15, -0.1) is 0 Å². The normalized spacial score (nSPS) is 8.92. The molecule has 0 saturated heterocycles. The van der Waals surface area contributed by atoms with Crippen molar-refractivity contribution in [1.82, 2.24) is 4.98 Å². The van der Waals surface area contributed by atoms with Gasteiger partial charge in [-0.3, -0.25) is 0 Å². The van der Waals surface area contributed by atoms with Crippen molar-refractivity contribution < 1.29 is 9.90 Å². The zero-order valence-electron chi connectivity index (χ0n) is 5.98. The molecule has 12 heavy (non-hydrogen) atoms. The zero-order chi connectivity index (χ0) is 9.14. The molecule has 0 amide bonds. The summed E-state index contributed by atoms with van der Waals surface area (Å²) in [6, 6.07) is 4.28. The predicted octanol–water partition coefficient (Wildman–Crippen LogP) is 0.234. The van der Waals surface area contributed by atoms with Gasteiger partial charge >= 0.3 is 5.97 Å². The van der Waals surface area contributed by atoms with E-state index in [9.17, 15) is 4.79 Å². The van der Waals surface area contributed by atoms with Crippen LogP contribution in [0.2, 0.25) is 0 Å². The summed E-state index contributed by atoms with van der Waals surface area (Å²) in [4.78, 5) is 13.9. The van der Waals surface area contributed by atoms with Crippen LogP contribution in [0.1, 0.15) is 16.2 Å². The van der Waals surface area contributed by atoms with Gasteiger partial charge in [-0.1, -0.05) is 0 Å². The molecule has 0 aromatic carbocycles. The Kier molecular flexibility index (Phi) is 1.92. The number of anilines is 1. The minimum absolute atomic E-state index is 0.0603. The maximum atomic E-state index is 10.4. The summed E-state index contributed by atoms with van der Waals surface area (Å²) in [6.45, 7) is 0. The molecule has 60 valence electrons. The van der Waals surface area contributed by atoms with E-state index in [1.54, 1.807) is 6.07 Å². The van der Waals surface area contributed by atoms with Crippen LogP contribution in [0.15, 0.2) is 12.1 Å². The fraction of sp³-hybridized carbons (Fsp3) is 0. The number of aromatic carboxylic acids is 1. The van der Waals surface area contributed by atoms with E-state index in [-0.39, 0.29) is 17.1 Å². The van der Waals surface area contributed by atoms with Crippen molar-refractivity contribution in [3.8, 4) is 6.07 Å². The summed E-state index contributed by atoms with van der Waals surface area (Å²) >= 11 is 0. The van der Waals surface area contributed by atoms with E-state index in [2.05, 4.69) is 4.98 Å². The Balaban J connectivity index is 3.25. The zero-order valence-corrected chi connectivity index (χ0v) is 5.98. The van der Waals surface area contributed by atoms with Crippen LogP contribution in [0.3, 0.4) is 0 Å². The van der Waals surface area contributed by atoms with Crippen LogP contribution in [0.25, 0.3) is 0 Å². The van der Waals surface area contributed by atoms with Gasteiger partial charge in [0.15, 0.2) is 5.69 Å². The summed E-state index contributed by atoms with van der Waals surface area (Å²) in [5, 5.41) is 16.9. The Morgan fingerprint density at radius 3 is 2.83 bits per heavy atom. The van der Waals surface area contributed by atoms with Crippen LogP contribution in [-0.2, 0) is 0 Å². The average Bonchev–Trinajstić information content (AvgIpc) is 2.05. The largest absolute Gasteiger partial charge is 0.477 e. The molecule has 0 aliphatic heterocycles. The van der Waals surface area contributed by atoms with Crippen molar-refractivity contribution in [2.75, 3.05) is 5.73 Å². The minimum atomic E-state index is -1.17. The number of pyridine rings is 1. The number of nitrogens with two attached hydrogens (primary N) is 1. The molecular formula is C7H5N3O2. The van der Waals surface area contributed by atoms with Gasteiger partial charge in [0, 0.05) is 0 Å². The number of hydrogen-bond donors (Lipinski definition) is 2. The lowest BCUT2D eigenvalue weighted by Gasteiger charge is -1.96. The quantitative estimate of drug-likeness (QED) is 0.617. The highest BCUT2D eigenvalue weighted by molar-refractivity contribution is 5.85. The summed E-state index contributed by atoms with van der Waals surface area (Å²) < 4.78 is 0. The van der Waals surface area contributed by atoms with E-state index in [1.165, 1.54) is 12.1 Å². The molecule has 1 rings (SSSR count). The lowest BCUT2D eigenvalue weighted by atomic mass is 10.3. The van der Waals surface area contributed by atoms with Crippen molar-refractivity contribution in [2.24, 2.45) is 0 Å². The third-order valence-corrected chi connectivity index (χ3v) is 1.25. The molecule has 0 saturated carbocycles. The van der Waals surface area contributed by atoms with Gasteiger partial charge in [0.2, 0.25) is 0 Å². The summed E-state index contributed by atoms with van der Waals surface area (Å²) in [5.74, 6) is -1.17. The number of carboxylic acids is 1. The molecule has 0 radical (unpaired) electrons. The van der Waals surface area contributed by atoms with Crippen LogP contribution in [-0.4, -0.2) is 16.1 Å². The number of hydrogen-bond acceptors (Lipinski definition) is 4. The number of nitrogens with zero attached hydrogens (tertiary/aromatic N) is 2. The van der Waals surface area contributed by atoms with Gasteiger partial charge in [-0.05, 0) is 12.1 Å². The topological polar surface area (TPSA) is 100 Å². The standard InChI is InChI=1S/C7H5N3O2/c8-3-6-4(9)1-2-5(10-6)7(11)12/h1-2H,9H2,(H,11,12). The third-order valence-electron chi connectivity index (χ3n) is 1.25. The number of aromatic nitrogens is 1. The van der Waals surface area contributed by atoms with Crippen LogP contribution in [0, 0.1) is 11.3 Å². The second-order valence-corrected chi connectivity index (χ2v) is 2.05. The molecular weight excluding hydrogens is 158 g/mol. The minimum Gasteiger partial charge on any atom is -0.477 e. The Morgan fingerprint density at radius 1 is 1.67 bits per heavy atom. The molecule has 0 spiro atoms. The second-order valence-electron chi connectivity index (χ2n) is 2.05. The van der Waals surface area contributed by atoms with Crippen LogP contribution >= 0.6 is 0 Å². The molecule has 0 aliphatic rings. The fourth-order valence-corrected chi connectivity index (χ4v) is 0.679. The molecule has 0 atom stereocenters. The molecule has 3 N–H and O–H groups in total. The van der Waals surface area contributed by atoms with Crippen LogP contribution < -0.4 is 5.73 Å². The molecule has 0 fully saturated rings. The van der Waals surface area contributed by atoms with E-state index < -0.39 is 5.97 Å². The van der Waals surface area contributed by atoms with Crippen LogP contribution in [0.5, 0.6) is 0 Å². The first kappa shape index (κ1) is 8.01. The van der Waals surface area contributed by atoms with E-state index in [0.29, 0.717) is 0 Å². The maximum Gasteiger partial charge on any atom is 0.354 e. The number of carboxylic acid groups (broad SMARTS) is 1. The lowest BCUT2D eigenvalue weighted by molar-refractivity contribution is 0.0690. The monoisotopic (exact) mass is 163 g/mol. The summed E-state index contributed by atoms with van der Waals surface area (Å²) in [5.41, 5.74) is 5.26. The van der Waals surface area contributed by atoms with Crippen molar-refractivity contribution in [3.05, 3.63) is 23.5 Å². The molecule has 1 aromatic rings. The summed E-state index contributed by atoms with van der Waals surface area (Å²) in [7, 11) is 0. The van der Waals surface area contributed by atoms with Crippen molar-refractivity contribution in [1.29, 1.82) is 5.26 Å². The van der Waals surface area contributed by atoms with Gasteiger partial charge in [-0.25, -0.2) is 9.78 Å². The van der Waals surface area contributed by atoms with Gasteiger partial charge in [-0.2, -0.15) is 5.26 Å². The number of nitriles is 1. The first-order valence-electron chi connectivity index (χ1n) is 3.05. The molecule has 0 aliphatic carbocycles. The highest BCUT2D eigenvalue weighted by Crippen LogP contribution is 2.07. The van der Waals surface area contributed by atoms with E-state index in [0.717, 1.165) is 0 Å². The molecule has 1 heterocycles. The van der Waals surface area contributed by atoms with Gasteiger partial charge in [0.1, 0.15) is 11.8 Å². The third kappa shape index (κ3) is 1.32. The van der Waals surface area contributed by atoms with Crippen molar-refractivity contribution >= 4 is 11.7 Å². The highest BCUT2D eigenvalue weighted by Gasteiger charge is 2.07. The second kappa shape index (κ2) is 2.88. The highest BCUT2D eigenvalue weighted by atomic mass is 16.4. The Hall–Kier alpha value is -2.09. The molecule has 0 unspecified atom stereocenters. The average molecular weight is 163 g/mol. The summed E-state index contributed by atoms with van der Waals surface area (Å²) in [6.07, 6.45) is 0. The molecule has 0 bridgehead atoms. The van der Waals surface area contributed by atoms with E-state index in [4.69, 9.17) is 16.1 Å². The lowest BCUT2D eigenvalue weighted by Crippen LogP contribution is -2.03. The van der Waals surface area contributed by atoms with Gasteiger partial charge in [0.05, 0.1) is 5.69 Å². The van der Waals surface area contributed by atoms with Gasteiger partial charge < -0.3 is 10.8 Å². The van der Waals surface area contributed by atoms with Crippen molar-refractivity contribution in [2.45, 2.75) is 0 Å². The molecule has 5 heteroatoms. The Morgan fingerprint density at radius 2 is 2.33 bits per heavy atom. The smallest absolute Gasteiger partial charge is 0.354 e. The van der Waals surface area contributed by atoms with Crippen molar-refractivity contribution in [3.63, 3.8) is 0 Å². The number of rotatable bonds is 1. The van der Waals surface area contributed by atoms with Gasteiger partial charge in [0.25, 0.3) is 0 Å². The SMILES string of the molecule is N#Cc1nc(C(=O)O)ccc1N. The molecule has 5 nitrogen and oxygen atoms in total. The number of carbonyl (C=O) groups is 1.